The summed E-state index contributed by atoms with van der Waals surface area (Å²) in [4.78, 5) is 12.5. The minimum atomic E-state index is -1.37. The van der Waals surface area contributed by atoms with Crippen LogP contribution in [0.4, 0.5) is 0 Å². The number of ether oxygens (including phenoxy) is 1. The summed E-state index contributed by atoms with van der Waals surface area (Å²) in [6, 6.07) is 15.8. The summed E-state index contributed by atoms with van der Waals surface area (Å²) in [7, 11) is 0. The van der Waals surface area contributed by atoms with E-state index >= 15 is 0 Å². The van der Waals surface area contributed by atoms with Gasteiger partial charge in [0.2, 0.25) is 0 Å². The maximum atomic E-state index is 12.5. The third-order valence-electron chi connectivity index (χ3n) is 4.29. The Morgan fingerprint density at radius 3 is 2.48 bits per heavy atom. The normalized spacial score (nSPS) is 26.2. The third kappa shape index (κ3) is 4.05. The molecule has 1 saturated heterocycles. The number of benzene rings is 2. The summed E-state index contributed by atoms with van der Waals surface area (Å²) in [5.74, 6) is -0.410. The predicted octanol–water partition coefficient (Wildman–Crippen LogP) is 0.913. The van der Waals surface area contributed by atoms with Gasteiger partial charge < -0.3 is 25.4 Å². The Bertz CT molecular complexity index is 709. The lowest BCUT2D eigenvalue weighted by Gasteiger charge is -2.36. The number of nitrogens with one attached hydrogen (secondary N) is 1. The molecule has 0 radical (unpaired) electrons. The quantitative estimate of drug-likeness (QED) is 0.661. The summed E-state index contributed by atoms with van der Waals surface area (Å²) in [5, 5.41) is 31.8. The van der Waals surface area contributed by atoms with Crippen molar-refractivity contribution < 1.29 is 24.9 Å². The highest BCUT2D eigenvalue weighted by molar-refractivity contribution is 5.95. The predicted molar refractivity (Wildman–Crippen MR) is 91.7 cm³/mol. The number of carbonyl (C=O) groups is 1. The highest BCUT2D eigenvalue weighted by Crippen LogP contribution is 2.22. The Balaban J connectivity index is 1.73. The van der Waals surface area contributed by atoms with E-state index in [1.54, 1.807) is 18.2 Å². The van der Waals surface area contributed by atoms with Crippen LogP contribution >= 0.6 is 0 Å². The standard InChI is InChI=1S/C19H21NO5/c21-11-15-10-16(22)17(19(24)25-15)20-18(23)14-8-4-7-13(9-14)12-5-2-1-3-6-12/h1-9,15-17,19,21-22,24H,10-11H2,(H,20,23)/t15-,16-,17+,19?/m0/s1. The molecular formula is C19H21NO5. The molecule has 1 aliphatic heterocycles. The van der Waals surface area contributed by atoms with E-state index in [4.69, 9.17) is 9.84 Å². The van der Waals surface area contributed by atoms with Crippen LogP contribution in [-0.2, 0) is 4.74 Å². The number of aliphatic hydroxyl groups is 3. The molecule has 0 spiro atoms. The molecule has 2 aromatic rings. The summed E-state index contributed by atoms with van der Waals surface area (Å²) in [5.41, 5.74) is 2.31. The number of amides is 1. The molecule has 1 amide bonds. The molecule has 0 saturated carbocycles. The van der Waals surface area contributed by atoms with E-state index < -0.39 is 30.4 Å². The van der Waals surface area contributed by atoms with Gasteiger partial charge in [0.15, 0.2) is 6.29 Å². The fourth-order valence-corrected chi connectivity index (χ4v) is 2.93. The first-order valence-electron chi connectivity index (χ1n) is 8.17. The molecule has 1 fully saturated rings. The molecule has 1 aliphatic rings. The number of hydrogen-bond donors (Lipinski definition) is 4. The molecule has 6 heteroatoms. The molecule has 4 N–H and O–H groups in total. The Hall–Kier alpha value is -2.25. The van der Waals surface area contributed by atoms with Gasteiger partial charge in [0.05, 0.1) is 18.8 Å². The van der Waals surface area contributed by atoms with Crippen LogP contribution in [0.3, 0.4) is 0 Å². The van der Waals surface area contributed by atoms with Crippen molar-refractivity contribution in [1.82, 2.24) is 5.32 Å². The fraction of sp³-hybridized carbons (Fsp3) is 0.316. The van der Waals surface area contributed by atoms with Crippen LogP contribution in [-0.4, -0.2) is 52.4 Å². The van der Waals surface area contributed by atoms with E-state index in [1.807, 2.05) is 36.4 Å². The minimum absolute atomic E-state index is 0.141. The van der Waals surface area contributed by atoms with Crippen LogP contribution in [0.1, 0.15) is 16.8 Å². The van der Waals surface area contributed by atoms with Gasteiger partial charge in [-0.15, -0.1) is 0 Å². The first kappa shape index (κ1) is 17.6. The molecule has 2 aromatic carbocycles. The van der Waals surface area contributed by atoms with E-state index in [0.717, 1.165) is 11.1 Å². The molecule has 25 heavy (non-hydrogen) atoms. The summed E-state index contributed by atoms with van der Waals surface area (Å²) in [6.07, 6.45) is -2.87. The molecular weight excluding hydrogens is 322 g/mol. The van der Waals surface area contributed by atoms with Gasteiger partial charge in [0.25, 0.3) is 5.91 Å². The molecule has 132 valence electrons. The SMILES string of the molecule is O=C(N[C@H]1C(O)O[C@H](CO)C[C@@H]1O)c1cccc(-c2ccccc2)c1. The number of carbonyl (C=O) groups excluding carboxylic acids is 1. The van der Waals surface area contributed by atoms with Crippen molar-refractivity contribution in [2.75, 3.05) is 6.61 Å². The van der Waals surface area contributed by atoms with Crippen molar-refractivity contribution >= 4 is 5.91 Å². The third-order valence-corrected chi connectivity index (χ3v) is 4.29. The highest BCUT2D eigenvalue weighted by atomic mass is 16.6. The van der Waals surface area contributed by atoms with Crippen molar-refractivity contribution in [2.45, 2.75) is 31.0 Å². The Morgan fingerprint density at radius 2 is 1.80 bits per heavy atom. The molecule has 0 aromatic heterocycles. The topological polar surface area (TPSA) is 99.0 Å². The van der Waals surface area contributed by atoms with Crippen LogP contribution in [0.2, 0.25) is 0 Å². The van der Waals surface area contributed by atoms with Gasteiger partial charge in [-0.2, -0.15) is 0 Å². The Labute approximate surface area is 145 Å². The van der Waals surface area contributed by atoms with Crippen LogP contribution in [0.25, 0.3) is 11.1 Å². The fourth-order valence-electron chi connectivity index (χ4n) is 2.93. The van der Waals surface area contributed by atoms with Crippen molar-refractivity contribution in [3.63, 3.8) is 0 Å². The van der Waals surface area contributed by atoms with Crippen molar-refractivity contribution in [3.05, 3.63) is 60.2 Å². The van der Waals surface area contributed by atoms with E-state index in [-0.39, 0.29) is 13.0 Å². The smallest absolute Gasteiger partial charge is 0.251 e. The van der Waals surface area contributed by atoms with E-state index in [2.05, 4.69) is 5.32 Å². The van der Waals surface area contributed by atoms with Gasteiger partial charge in [-0.05, 0) is 23.3 Å². The van der Waals surface area contributed by atoms with Crippen molar-refractivity contribution in [2.24, 2.45) is 0 Å². The number of rotatable bonds is 4. The second-order valence-corrected chi connectivity index (χ2v) is 6.08. The first-order chi connectivity index (χ1) is 12.1. The van der Waals surface area contributed by atoms with Crippen LogP contribution < -0.4 is 5.32 Å². The zero-order valence-electron chi connectivity index (χ0n) is 13.6. The van der Waals surface area contributed by atoms with Crippen molar-refractivity contribution in [3.8, 4) is 11.1 Å². The lowest BCUT2D eigenvalue weighted by molar-refractivity contribution is -0.212. The highest BCUT2D eigenvalue weighted by Gasteiger charge is 2.37. The van der Waals surface area contributed by atoms with Crippen molar-refractivity contribution in [1.29, 1.82) is 0 Å². The maximum Gasteiger partial charge on any atom is 0.251 e. The molecule has 3 rings (SSSR count). The maximum absolute atomic E-state index is 12.5. The molecule has 0 bridgehead atoms. The average molecular weight is 343 g/mol. The van der Waals surface area contributed by atoms with Gasteiger partial charge >= 0.3 is 0 Å². The van der Waals surface area contributed by atoms with Crippen LogP contribution in [0, 0.1) is 0 Å². The Kier molecular flexibility index (Phi) is 5.45. The lowest BCUT2D eigenvalue weighted by Crippen LogP contribution is -2.57. The van der Waals surface area contributed by atoms with Gasteiger partial charge in [0.1, 0.15) is 6.04 Å². The van der Waals surface area contributed by atoms with Gasteiger partial charge in [-0.25, -0.2) is 0 Å². The van der Waals surface area contributed by atoms with Crippen LogP contribution in [0.5, 0.6) is 0 Å². The molecule has 1 unspecified atom stereocenters. The van der Waals surface area contributed by atoms with Gasteiger partial charge in [0, 0.05) is 12.0 Å². The summed E-state index contributed by atoms with van der Waals surface area (Å²) < 4.78 is 5.18. The van der Waals surface area contributed by atoms with Gasteiger partial charge in [-0.1, -0.05) is 42.5 Å². The lowest BCUT2D eigenvalue weighted by atomic mass is 9.99. The first-order valence-corrected chi connectivity index (χ1v) is 8.17. The second kappa shape index (κ2) is 7.76. The molecule has 4 atom stereocenters. The largest absolute Gasteiger partial charge is 0.394 e. The molecule has 0 aliphatic carbocycles. The van der Waals surface area contributed by atoms with Crippen LogP contribution in [0.15, 0.2) is 54.6 Å². The zero-order chi connectivity index (χ0) is 17.8. The summed E-state index contributed by atoms with van der Waals surface area (Å²) >= 11 is 0. The van der Waals surface area contributed by atoms with E-state index in [1.165, 1.54) is 0 Å². The van der Waals surface area contributed by atoms with E-state index in [0.29, 0.717) is 5.56 Å². The minimum Gasteiger partial charge on any atom is -0.394 e. The Morgan fingerprint density at radius 1 is 1.08 bits per heavy atom. The second-order valence-electron chi connectivity index (χ2n) is 6.08. The zero-order valence-corrected chi connectivity index (χ0v) is 13.6. The number of hydrogen-bond acceptors (Lipinski definition) is 5. The van der Waals surface area contributed by atoms with Gasteiger partial charge in [-0.3, -0.25) is 4.79 Å². The average Bonchev–Trinajstić information content (AvgIpc) is 2.65. The molecule has 1 heterocycles. The van der Waals surface area contributed by atoms with E-state index in [9.17, 15) is 15.0 Å². The number of aliphatic hydroxyl groups excluding tert-OH is 3. The molecule has 6 nitrogen and oxygen atoms in total. The summed E-state index contributed by atoms with van der Waals surface area (Å²) in [6.45, 7) is -0.298. The monoisotopic (exact) mass is 343 g/mol.